The number of nitrogens with zero attached hydrogens (tertiary/aromatic N) is 2. The molecule has 0 aromatic carbocycles. The van der Waals surface area contributed by atoms with Gasteiger partial charge in [-0.1, -0.05) is 6.92 Å². The number of aryl methyl sites for hydroxylation is 1. The first-order chi connectivity index (χ1) is 7.74. The monoisotopic (exact) mass is 238 g/mol. The highest BCUT2D eigenvalue weighted by Crippen LogP contribution is 2.31. The quantitative estimate of drug-likeness (QED) is 0.754. The molecule has 0 saturated heterocycles. The minimum atomic E-state index is 0.144. The summed E-state index contributed by atoms with van der Waals surface area (Å²) in [6.45, 7) is 4.24. The van der Waals surface area contributed by atoms with Gasteiger partial charge in [0.15, 0.2) is 0 Å². The fraction of sp³-hybridized carbons (Fsp3) is 0.692. The SMILES string of the molecule is CCC(c1ncnc2c1CCCC2)C(C)Cl. The molecule has 0 bridgehead atoms. The first-order valence-corrected chi connectivity index (χ1v) is 6.64. The second kappa shape index (κ2) is 5.13. The molecular formula is C13H19ClN2. The van der Waals surface area contributed by atoms with Crippen LogP contribution in [-0.2, 0) is 12.8 Å². The molecule has 88 valence electrons. The highest BCUT2D eigenvalue weighted by Gasteiger charge is 2.23. The second-order valence-corrected chi connectivity index (χ2v) is 5.27. The Morgan fingerprint density at radius 1 is 1.31 bits per heavy atom. The van der Waals surface area contributed by atoms with E-state index < -0.39 is 0 Å². The molecule has 2 atom stereocenters. The fourth-order valence-corrected chi connectivity index (χ4v) is 2.90. The van der Waals surface area contributed by atoms with E-state index in [1.54, 1.807) is 6.33 Å². The molecule has 0 saturated carbocycles. The molecule has 0 aliphatic heterocycles. The first-order valence-electron chi connectivity index (χ1n) is 6.20. The number of halogens is 1. The molecule has 1 aliphatic rings. The summed E-state index contributed by atoms with van der Waals surface area (Å²) in [5.41, 5.74) is 3.84. The van der Waals surface area contributed by atoms with E-state index in [0.717, 1.165) is 19.3 Å². The van der Waals surface area contributed by atoms with Crippen LogP contribution >= 0.6 is 11.6 Å². The summed E-state index contributed by atoms with van der Waals surface area (Å²) in [7, 11) is 0. The zero-order chi connectivity index (χ0) is 11.5. The van der Waals surface area contributed by atoms with Gasteiger partial charge in [0, 0.05) is 17.0 Å². The van der Waals surface area contributed by atoms with Gasteiger partial charge >= 0.3 is 0 Å². The van der Waals surface area contributed by atoms with Crippen LogP contribution in [0.25, 0.3) is 0 Å². The summed E-state index contributed by atoms with van der Waals surface area (Å²) in [5.74, 6) is 0.372. The molecule has 0 N–H and O–H groups in total. The van der Waals surface area contributed by atoms with Gasteiger partial charge in [-0.15, -0.1) is 11.6 Å². The molecule has 3 heteroatoms. The maximum atomic E-state index is 6.26. The summed E-state index contributed by atoms with van der Waals surface area (Å²) in [6, 6.07) is 0. The van der Waals surface area contributed by atoms with Crippen molar-refractivity contribution in [1.82, 2.24) is 9.97 Å². The highest BCUT2D eigenvalue weighted by atomic mass is 35.5. The summed E-state index contributed by atoms with van der Waals surface area (Å²) in [4.78, 5) is 8.89. The molecule has 0 radical (unpaired) electrons. The Balaban J connectivity index is 2.39. The van der Waals surface area contributed by atoms with Gasteiger partial charge in [-0.2, -0.15) is 0 Å². The average molecular weight is 239 g/mol. The van der Waals surface area contributed by atoms with Crippen molar-refractivity contribution in [2.45, 2.75) is 57.2 Å². The van der Waals surface area contributed by atoms with Crippen LogP contribution in [0.4, 0.5) is 0 Å². The van der Waals surface area contributed by atoms with E-state index in [2.05, 4.69) is 23.8 Å². The number of rotatable bonds is 3. The van der Waals surface area contributed by atoms with Crippen LogP contribution in [0.2, 0.25) is 0 Å². The van der Waals surface area contributed by atoms with Gasteiger partial charge in [-0.05, 0) is 44.6 Å². The minimum absolute atomic E-state index is 0.144. The van der Waals surface area contributed by atoms with E-state index in [-0.39, 0.29) is 5.38 Å². The predicted octanol–water partition coefficient (Wildman–Crippen LogP) is 3.48. The Hall–Kier alpha value is -0.630. The normalized spacial score (nSPS) is 18.9. The number of fused-ring (bicyclic) bond motifs is 1. The molecule has 1 aliphatic carbocycles. The Morgan fingerprint density at radius 3 is 2.75 bits per heavy atom. The van der Waals surface area contributed by atoms with E-state index in [1.807, 2.05) is 0 Å². The molecule has 16 heavy (non-hydrogen) atoms. The van der Waals surface area contributed by atoms with Crippen LogP contribution in [-0.4, -0.2) is 15.3 Å². The van der Waals surface area contributed by atoms with Crippen molar-refractivity contribution in [2.24, 2.45) is 0 Å². The average Bonchev–Trinajstić information content (AvgIpc) is 2.30. The fourth-order valence-electron chi connectivity index (χ4n) is 2.60. The Morgan fingerprint density at radius 2 is 2.06 bits per heavy atom. The third-order valence-electron chi connectivity index (χ3n) is 3.50. The van der Waals surface area contributed by atoms with Crippen LogP contribution in [0, 0.1) is 0 Å². The van der Waals surface area contributed by atoms with Gasteiger partial charge < -0.3 is 0 Å². The molecule has 2 nitrogen and oxygen atoms in total. The van der Waals surface area contributed by atoms with Gasteiger partial charge in [0.05, 0.1) is 5.69 Å². The highest BCUT2D eigenvalue weighted by molar-refractivity contribution is 6.20. The predicted molar refractivity (Wildman–Crippen MR) is 67.0 cm³/mol. The minimum Gasteiger partial charge on any atom is -0.241 e. The lowest BCUT2D eigenvalue weighted by Gasteiger charge is -2.23. The van der Waals surface area contributed by atoms with Crippen molar-refractivity contribution in [1.29, 1.82) is 0 Å². The van der Waals surface area contributed by atoms with Gasteiger partial charge in [0.1, 0.15) is 6.33 Å². The molecule has 1 aromatic rings. The molecule has 0 amide bonds. The second-order valence-electron chi connectivity index (χ2n) is 4.58. The topological polar surface area (TPSA) is 25.8 Å². The summed E-state index contributed by atoms with van der Waals surface area (Å²) < 4.78 is 0. The van der Waals surface area contributed by atoms with Gasteiger partial charge in [-0.3, -0.25) is 0 Å². The zero-order valence-electron chi connectivity index (χ0n) is 10.0. The van der Waals surface area contributed by atoms with E-state index in [9.17, 15) is 0 Å². The van der Waals surface area contributed by atoms with Gasteiger partial charge in [0.2, 0.25) is 0 Å². The van der Waals surface area contributed by atoms with Crippen LogP contribution in [0.3, 0.4) is 0 Å². The van der Waals surface area contributed by atoms with Crippen molar-refractivity contribution >= 4 is 11.6 Å². The van der Waals surface area contributed by atoms with Crippen LogP contribution in [0.5, 0.6) is 0 Å². The van der Waals surface area contributed by atoms with Crippen molar-refractivity contribution in [2.75, 3.05) is 0 Å². The molecule has 2 unspecified atom stereocenters. The molecular weight excluding hydrogens is 220 g/mol. The lowest BCUT2D eigenvalue weighted by molar-refractivity contribution is 0.589. The lowest BCUT2D eigenvalue weighted by Crippen LogP contribution is -2.17. The number of hydrogen-bond acceptors (Lipinski definition) is 2. The van der Waals surface area contributed by atoms with Crippen molar-refractivity contribution in [3.63, 3.8) is 0 Å². The first kappa shape index (κ1) is 11.8. The van der Waals surface area contributed by atoms with Gasteiger partial charge in [0.25, 0.3) is 0 Å². The van der Waals surface area contributed by atoms with E-state index in [1.165, 1.54) is 29.8 Å². The Bertz CT molecular complexity index is 363. The summed E-state index contributed by atoms with van der Waals surface area (Å²) >= 11 is 6.26. The molecule has 0 fully saturated rings. The Labute approximate surface area is 102 Å². The lowest BCUT2D eigenvalue weighted by atomic mass is 9.88. The van der Waals surface area contributed by atoms with Crippen molar-refractivity contribution < 1.29 is 0 Å². The molecule has 1 aromatic heterocycles. The van der Waals surface area contributed by atoms with Crippen LogP contribution < -0.4 is 0 Å². The molecule has 1 heterocycles. The van der Waals surface area contributed by atoms with E-state index in [4.69, 9.17) is 11.6 Å². The largest absolute Gasteiger partial charge is 0.241 e. The van der Waals surface area contributed by atoms with Crippen molar-refractivity contribution in [3.8, 4) is 0 Å². The molecule has 2 rings (SSSR count). The maximum absolute atomic E-state index is 6.26. The Kier molecular flexibility index (Phi) is 3.80. The maximum Gasteiger partial charge on any atom is 0.115 e. The summed E-state index contributed by atoms with van der Waals surface area (Å²) in [5, 5.41) is 0.144. The van der Waals surface area contributed by atoms with E-state index >= 15 is 0 Å². The molecule has 0 spiro atoms. The number of aromatic nitrogens is 2. The van der Waals surface area contributed by atoms with Crippen LogP contribution in [0.1, 0.15) is 56.0 Å². The standard InChI is InChI=1S/C13H19ClN2/c1-3-10(9(2)14)13-11-6-4-5-7-12(11)15-8-16-13/h8-10H,3-7H2,1-2H3. The summed E-state index contributed by atoms with van der Waals surface area (Å²) in [6.07, 6.45) is 7.52. The number of hydrogen-bond donors (Lipinski definition) is 0. The zero-order valence-corrected chi connectivity index (χ0v) is 10.8. The third-order valence-corrected chi connectivity index (χ3v) is 3.81. The number of alkyl halides is 1. The third kappa shape index (κ3) is 2.22. The van der Waals surface area contributed by atoms with Crippen molar-refractivity contribution in [3.05, 3.63) is 23.3 Å². The van der Waals surface area contributed by atoms with Crippen LogP contribution in [0.15, 0.2) is 6.33 Å². The van der Waals surface area contributed by atoms with Gasteiger partial charge in [-0.25, -0.2) is 9.97 Å². The van der Waals surface area contributed by atoms with E-state index in [0.29, 0.717) is 5.92 Å². The smallest absolute Gasteiger partial charge is 0.115 e.